The number of halogens is 1. The normalized spacial score (nSPS) is 16.7. The number of nitrogens with one attached hydrogen (secondary N) is 1. The smallest absolute Gasteiger partial charge is 0.229 e. The maximum absolute atomic E-state index is 12.3. The Morgan fingerprint density at radius 3 is 2.09 bits per heavy atom. The number of carbonyl (C=O) groups is 1. The fraction of sp³-hybridized carbons (Fsp3) is 0.562. The van der Waals surface area contributed by atoms with Crippen molar-refractivity contribution in [2.24, 2.45) is 0 Å². The van der Waals surface area contributed by atoms with Gasteiger partial charge in [-0.1, -0.05) is 19.3 Å². The lowest BCUT2D eigenvalue weighted by Gasteiger charge is -2.23. The second kappa shape index (κ2) is 9.25. The zero-order chi connectivity index (χ0) is 16.0. The number of hydrogen-bond acceptors (Lipinski definition) is 4. The number of ketones is 1. The van der Waals surface area contributed by atoms with Gasteiger partial charge in [0.25, 0.3) is 0 Å². The van der Waals surface area contributed by atoms with Crippen LogP contribution in [0.25, 0.3) is 0 Å². The van der Waals surface area contributed by atoms with E-state index in [1.807, 2.05) is 0 Å². The molecule has 0 bridgehead atoms. The van der Waals surface area contributed by atoms with E-state index in [1.54, 1.807) is 24.3 Å². The van der Waals surface area contributed by atoms with E-state index in [0.717, 1.165) is 32.2 Å². The van der Waals surface area contributed by atoms with E-state index in [0.29, 0.717) is 17.8 Å². The Bertz CT molecular complexity index is 594. The van der Waals surface area contributed by atoms with Crippen LogP contribution in [0.5, 0.6) is 0 Å². The van der Waals surface area contributed by atoms with Crippen LogP contribution in [0, 0.1) is 0 Å². The van der Waals surface area contributed by atoms with E-state index in [2.05, 4.69) is 9.62 Å². The second-order valence-corrected chi connectivity index (χ2v) is 7.67. The highest BCUT2D eigenvalue weighted by Crippen LogP contribution is 2.14. The van der Waals surface area contributed by atoms with Crippen molar-refractivity contribution < 1.29 is 13.2 Å². The summed E-state index contributed by atoms with van der Waals surface area (Å²) >= 11 is 0. The highest BCUT2D eigenvalue weighted by Gasteiger charge is 2.14. The van der Waals surface area contributed by atoms with Gasteiger partial charge in [0.1, 0.15) is 0 Å². The largest absolute Gasteiger partial charge is 0.296 e. The van der Waals surface area contributed by atoms with Crippen LogP contribution in [0.4, 0.5) is 5.69 Å². The molecule has 0 atom stereocenters. The third kappa shape index (κ3) is 7.33. The van der Waals surface area contributed by atoms with Crippen molar-refractivity contribution in [3.63, 3.8) is 0 Å². The summed E-state index contributed by atoms with van der Waals surface area (Å²) in [4.78, 5) is 14.6. The first kappa shape index (κ1) is 19.9. The molecule has 5 nitrogen and oxygen atoms in total. The molecule has 1 aromatic rings. The van der Waals surface area contributed by atoms with Gasteiger partial charge in [-0.3, -0.25) is 14.4 Å². The van der Waals surface area contributed by atoms with Crippen LogP contribution in [0.15, 0.2) is 24.3 Å². The van der Waals surface area contributed by atoms with Crippen molar-refractivity contribution in [1.82, 2.24) is 4.90 Å². The monoisotopic (exact) mass is 360 g/mol. The van der Waals surface area contributed by atoms with Gasteiger partial charge in [0.05, 0.1) is 12.8 Å². The minimum atomic E-state index is -3.28. The molecular formula is C16H25ClN2O3S. The molecule has 1 aromatic carbocycles. The zero-order valence-corrected chi connectivity index (χ0v) is 15.1. The summed E-state index contributed by atoms with van der Waals surface area (Å²) in [5.41, 5.74) is 1.10. The quantitative estimate of drug-likeness (QED) is 0.820. The predicted molar refractivity (Wildman–Crippen MR) is 96.0 cm³/mol. The Morgan fingerprint density at radius 2 is 1.57 bits per heavy atom. The van der Waals surface area contributed by atoms with Gasteiger partial charge in [0.2, 0.25) is 10.0 Å². The van der Waals surface area contributed by atoms with Crippen LogP contribution in [0.1, 0.15) is 42.5 Å². The Hall–Kier alpha value is -1.11. The summed E-state index contributed by atoms with van der Waals surface area (Å²) in [5, 5.41) is 0. The molecule has 23 heavy (non-hydrogen) atoms. The summed E-state index contributed by atoms with van der Waals surface area (Å²) in [6.07, 6.45) is 7.21. The van der Waals surface area contributed by atoms with Gasteiger partial charge in [-0.25, -0.2) is 8.42 Å². The second-order valence-electron chi connectivity index (χ2n) is 5.92. The average molecular weight is 361 g/mol. The van der Waals surface area contributed by atoms with Crippen molar-refractivity contribution in [1.29, 1.82) is 0 Å². The maximum Gasteiger partial charge on any atom is 0.229 e. The number of benzene rings is 1. The Labute approximate surface area is 144 Å². The van der Waals surface area contributed by atoms with Crippen molar-refractivity contribution >= 4 is 33.9 Å². The highest BCUT2D eigenvalue weighted by molar-refractivity contribution is 7.92. The zero-order valence-electron chi connectivity index (χ0n) is 13.5. The van der Waals surface area contributed by atoms with Gasteiger partial charge in [0, 0.05) is 11.3 Å². The summed E-state index contributed by atoms with van der Waals surface area (Å²) < 4.78 is 24.7. The summed E-state index contributed by atoms with van der Waals surface area (Å²) in [6.45, 7) is 2.41. The molecule has 0 spiro atoms. The van der Waals surface area contributed by atoms with Crippen LogP contribution >= 0.6 is 12.4 Å². The molecule has 1 aliphatic rings. The van der Waals surface area contributed by atoms with Crippen LogP contribution in [0.2, 0.25) is 0 Å². The molecule has 0 amide bonds. The van der Waals surface area contributed by atoms with E-state index >= 15 is 0 Å². The third-order valence-electron chi connectivity index (χ3n) is 3.83. The molecule has 0 aliphatic carbocycles. The Balaban J connectivity index is 0.00000264. The van der Waals surface area contributed by atoms with Crippen LogP contribution in [-0.2, 0) is 10.0 Å². The fourth-order valence-electron chi connectivity index (χ4n) is 2.70. The first-order valence-electron chi connectivity index (χ1n) is 7.77. The van der Waals surface area contributed by atoms with E-state index in [4.69, 9.17) is 0 Å². The number of sulfonamides is 1. The van der Waals surface area contributed by atoms with Gasteiger partial charge in [-0.2, -0.15) is 0 Å². The van der Waals surface area contributed by atoms with Gasteiger partial charge >= 0.3 is 0 Å². The molecule has 1 fully saturated rings. The molecule has 7 heteroatoms. The van der Waals surface area contributed by atoms with E-state index in [9.17, 15) is 13.2 Å². The van der Waals surface area contributed by atoms with Crippen molar-refractivity contribution in [2.75, 3.05) is 30.6 Å². The molecule has 2 rings (SSSR count). The van der Waals surface area contributed by atoms with Gasteiger partial charge in [0.15, 0.2) is 5.78 Å². The van der Waals surface area contributed by atoms with Crippen molar-refractivity contribution in [3.8, 4) is 0 Å². The molecule has 1 N–H and O–H groups in total. The average Bonchev–Trinajstić information content (AvgIpc) is 2.40. The first-order chi connectivity index (χ1) is 10.4. The van der Waals surface area contributed by atoms with E-state index in [-0.39, 0.29) is 18.2 Å². The molecule has 130 valence electrons. The Kier molecular flexibility index (Phi) is 8.02. The number of anilines is 1. The maximum atomic E-state index is 12.3. The number of likely N-dealkylation sites (tertiary alicyclic amines) is 1. The summed E-state index contributed by atoms with van der Waals surface area (Å²) in [7, 11) is -3.28. The van der Waals surface area contributed by atoms with Gasteiger partial charge in [-0.15, -0.1) is 12.4 Å². The molecule has 1 saturated heterocycles. The Morgan fingerprint density at radius 1 is 1.04 bits per heavy atom. The summed E-state index contributed by atoms with van der Waals surface area (Å²) in [6, 6.07) is 6.61. The van der Waals surface area contributed by atoms with Crippen LogP contribution < -0.4 is 4.72 Å². The standard InChI is InChI=1S/C16H24N2O3S.ClH/c1-22(20,21)17-15-9-7-14(8-10-15)16(19)13-18-11-5-3-2-4-6-12-18;/h7-10,17H,2-6,11-13H2,1H3;1H. The molecule has 0 radical (unpaired) electrons. The molecule has 0 unspecified atom stereocenters. The van der Waals surface area contributed by atoms with Crippen LogP contribution in [0.3, 0.4) is 0 Å². The lowest BCUT2D eigenvalue weighted by Crippen LogP contribution is -2.32. The van der Waals surface area contributed by atoms with E-state index < -0.39 is 10.0 Å². The molecule has 1 heterocycles. The third-order valence-corrected chi connectivity index (χ3v) is 4.43. The molecular weight excluding hydrogens is 336 g/mol. The van der Waals surface area contributed by atoms with Crippen molar-refractivity contribution in [2.45, 2.75) is 32.1 Å². The molecule has 0 saturated carbocycles. The minimum absolute atomic E-state index is 0. The SMILES string of the molecule is CS(=O)(=O)Nc1ccc(C(=O)CN2CCCCCCC2)cc1.Cl. The van der Waals surface area contributed by atoms with Crippen molar-refractivity contribution in [3.05, 3.63) is 29.8 Å². The van der Waals surface area contributed by atoms with E-state index in [1.165, 1.54) is 19.3 Å². The molecule has 1 aliphatic heterocycles. The number of nitrogens with zero attached hydrogens (tertiary/aromatic N) is 1. The van der Waals surface area contributed by atoms with Crippen LogP contribution in [-0.4, -0.2) is 45.0 Å². The number of hydrogen-bond donors (Lipinski definition) is 1. The number of rotatable bonds is 5. The number of Topliss-reactive ketones (excluding diaryl/α,β-unsaturated/α-hetero) is 1. The predicted octanol–water partition coefficient (Wildman–Crippen LogP) is 2.93. The topological polar surface area (TPSA) is 66.5 Å². The lowest BCUT2D eigenvalue weighted by atomic mass is 10.1. The molecule has 0 aromatic heterocycles. The number of carbonyl (C=O) groups excluding carboxylic acids is 1. The summed E-state index contributed by atoms with van der Waals surface area (Å²) in [5.74, 6) is 0.0893. The van der Waals surface area contributed by atoms with Gasteiger partial charge in [-0.05, 0) is 50.2 Å². The highest BCUT2D eigenvalue weighted by atomic mass is 35.5. The minimum Gasteiger partial charge on any atom is -0.296 e. The first-order valence-corrected chi connectivity index (χ1v) is 9.66. The fourth-order valence-corrected chi connectivity index (χ4v) is 3.27. The lowest BCUT2D eigenvalue weighted by molar-refractivity contribution is 0.0924. The van der Waals surface area contributed by atoms with Gasteiger partial charge < -0.3 is 0 Å².